The van der Waals surface area contributed by atoms with Crippen LogP contribution in [0.2, 0.25) is 4.43 Å². The Morgan fingerprint density at radius 1 is 1.38 bits per heavy atom. The minimum absolute atomic E-state index is 0.881. The second-order valence-corrected chi connectivity index (χ2v) is 6.90. The molecular weight excluding hydrogens is 355 g/mol. The fourth-order valence-corrected chi connectivity index (χ4v) is 3.55. The van der Waals surface area contributed by atoms with E-state index in [0.717, 1.165) is 17.0 Å². The number of hydrogen-bond acceptors (Lipinski definition) is 4. The van der Waals surface area contributed by atoms with Gasteiger partial charge in [-0.25, -0.2) is 0 Å². The summed E-state index contributed by atoms with van der Waals surface area (Å²) >= 11 is -0.906. The number of aryl methyl sites for hydroxylation is 1. The molecule has 0 atom stereocenters. The predicted octanol–water partition coefficient (Wildman–Crippen LogP) is 0.821. The van der Waals surface area contributed by atoms with Gasteiger partial charge in [-0.3, -0.25) is 0 Å². The predicted molar refractivity (Wildman–Crippen MR) is 45.8 cm³/mol. The molecule has 0 radical (unpaired) electrons. The van der Waals surface area contributed by atoms with Gasteiger partial charge in [-0.1, -0.05) is 0 Å². The molecule has 6 heteroatoms. The number of rotatable bonds is 2. The van der Waals surface area contributed by atoms with Gasteiger partial charge >= 0.3 is 88.6 Å². The van der Waals surface area contributed by atoms with Crippen molar-refractivity contribution in [3.8, 4) is 0 Å². The monoisotopic (exact) mass is 365 g/mol. The van der Waals surface area contributed by atoms with Crippen molar-refractivity contribution in [1.29, 1.82) is 0 Å². The van der Waals surface area contributed by atoms with Crippen molar-refractivity contribution in [3.63, 3.8) is 0 Å². The maximum absolute atomic E-state index is 4.25. The summed E-state index contributed by atoms with van der Waals surface area (Å²) < 4.78 is 7.50. The third-order valence-corrected chi connectivity index (χ3v) is 4.52. The molecule has 0 saturated carbocycles. The molecule has 1 N–H and O–H groups in total. The molecule has 0 aliphatic rings. The number of hydrogen-bond donors (Lipinski definition) is 1. The Balaban J connectivity index is 2.63. The first kappa shape index (κ1) is 8.86. The number of nitrogens with zero attached hydrogens (tertiary/aromatic N) is 4. The molecule has 0 fully saturated rings. The molecular formula is C7H9HgN5. The number of nitrogens with one attached hydrogen (secondary N) is 1. The fraction of sp³-hybridized carbons (Fsp3) is 0.286. The van der Waals surface area contributed by atoms with Crippen LogP contribution in [0.15, 0.2) is 12.7 Å². The average Bonchev–Trinajstić information content (AvgIpc) is 2.50. The van der Waals surface area contributed by atoms with Gasteiger partial charge in [-0.15, -0.1) is 0 Å². The Labute approximate surface area is 88.5 Å². The van der Waals surface area contributed by atoms with E-state index in [-0.39, 0.29) is 0 Å². The Bertz CT molecular complexity index is 424. The summed E-state index contributed by atoms with van der Waals surface area (Å²) in [5.74, 6) is 0.898. The Hall–Kier alpha value is -0.715. The third kappa shape index (κ3) is 1.52. The summed E-state index contributed by atoms with van der Waals surface area (Å²) in [6.45, 7) is 0. The average molecular weight is 364 g/mol. The summed E-state index contributed by atoms with van der Waals surface area (Å²) in [5, 5.41) is 0. The molecule has 0 aliphatic carbocycles. The van der Waals surface area contributed by atoms with Crippen molar-refractivity contribution >= 4 is 17.0 Å². The molecule has 0 amide bonds. The van der Waals surface area contributed by atoms with Crippen LogP contribution in [0.4, 0.5) is 5.82 Å². The Kier molecular flexibility index (Phi) is 2.43. The second-order valence-electron chi connectivity index (χ2n) is 2.78. The van der Waals surface area contributed by atoms with Crippen molar-refractivity contribution in [2.24, 2.45) is 7.05 Å². The molecule has 0 bridgehead atoms. The van der Waals surface area contributed by atoms with Crippen LogP contribution in [-0.2, 0) is 31.9 Å². The van der Waals surface area contributed by atoms with Crippen LogP contribution in [0.5, 0.6) is 0 Å². The van der Waals surface area contributed by atoms with E-state index < -0.39 is 24.9 Å². The molecule has 0 aliphatic heterocycles. The SMILES string of the molecule is [CH3][Hg][NH]c1ncnc2c1ncn2C. The van der Waals surface area contributed by atoms with E-state index in [4.69, 9.17) is 0 Å². The number of fused-ring (bicyclic) bond motifs is 1. The molecule has 2 heterocycles. The van der Waals surface area contributed by atoms with E-state index in [1.165, 1.54) is 0 Å². The van der Waals surface area contributed by atoms with E-state index in [2.05, 4.69) is 22.5 Å². The molecule has 0 unspecified atom stereocenters. The molecule has 0 spiro atoms. The van der Waals surface area contributed by atoms with Crippen molar-refractivity contribution < 1.29 is 24.9 Å². The molecule has 5 nitrogen and oxygen atoms in total. The van der Waals surface area contributed by atoms with E-state index in [1.54, 1.807) is 12.7 Å². The zero-order valence-corrected chi connectivity index (χ0v) is 13.1. The van der Waals surface area contributed by atoms with Gasteiger partial charge in [0.1, 0.15) is 0 Å². The maximum atomic E-state index is 4.25. The normalized spacial score (nSPS) is 10.0. The van der Waals surface area contributed by atoms with E-state index in [1.807, 2.05) is 11.6 Å². The molecule has 2 aromatic heterocycles. The van der Waals surface area contributed by atoms with Gasteiger partial charge in [0.15, 0.2) is 0 Å². The summed E-state index contributed by atoms with van der Waals surface area (Å²) in [6.07, 6.45) is 3.34. The number of aromatic nitrogens is 4. The van der Waals surface area contributed by atoms with Gasteiger partial charge in [0.05, 0.1) is 0 Å². The molecule has 13 heavy (non-hydrogen) atoms. The summed E-state index contributed by atoms with van der Waals surface area (Å²) in [4.78, 5) is 12.6. The Morgan fingerprint density at radius 3 is 3.00 bits per heavy atom. The molecule has 0 saturated heterocycles. The van der Waals surface area contributed by atoms with Crippen LogP contribution in [0.3, 0.4) is 0 Å². The van der Waals surface area contributed by atoms with Crippen molar-refractivity contribution in [3.05, 3.63) is 12.7 Å². The minimum atomic E-state index is -0.906. The summed E-state index contributed by atoms with van der Waals surface area (Å²) in [6, 6.07) is 0. The van der Waals surface area contributed by atoms with Crippen molar-refractivity contribution in [2.75, 3.05) is 3.08 Å². The third-order valence-electron chi connectivity index (χ3n) is 1.84. The van der Waals surface area contributed by atoms with Crippen LogP contribution in [0.25, 0.3) is 11.2 Å². The second kappa shape index (κ2) is 3.57. The van der Waals surface area contributed by atoms with Gasteiger partial charge in [0.2, 0.25) is 0 Å². The van der Waals surface area contributed by atoms with Crippen molar-refractivity contribution in [2.45, 2.75) is 4.43 Å². The molecule has 0 aromatic carbocycles. The first-order valence-corrected chi connectivity index (χ1v) is 12.4. The zero-order chi connectivity index (χ0) is 9.26. The standard InChI is InChI=1S/C6H6N5.CH3.Hg/c1-11-3-10-4-5(7)8-2-9-6(4)11;;/h2-3H,1H3,(H-,7,8,9);1H3;/q-1;;+1. The first-order valence-electron chi connectivity index (χ1n) is 4.19. The van der Waals surface area contributed by atoms with Crippen LogP contribution >= 0.6 is 0 Å². The van der Waals surface area contributed by atoms with Crippen molar-refractivity contribution in [1.82, 2.24) is 19.5 Å². The van der Waals surface area contributed by atoms with Gasteiger partial charge in [0.25, 0.3) is 0 Å². The summed E-state index contributed by atoms with van der Waals surface area (Å²) in [5.41, 5.74) is 1.77. The topological polar surface area (TPSA) is 55.6 Å². The Morgan fingerprint density at radius 2 is 2.23 bits per heavy atom. The van der Waals surface area contributed by atoms with E-state index in [0.29, 0.717) is 0 Å². The first-order chi connectivity index (χ1) is 6.33. The van der Waals surface area contributed by atoms with Crippen LogP contribution in [0.1, 0.15) is 0 Å². The van der Waals surface area contributed by atoms with Gasteiger partial charge in [-0.2, -0.15) is 0 Å². The zero-order valence-electron chi connectivity index (χ0n) is 7.65. The number of imidazole rings is 1. The van der Waals surface area contributed by atoms with Gasteiger partial charge in [-0.05, 0) is 0 Å². The van der Waals surface area contributed by atoms with E-state index in [9.17, 15) is 0 Å². The number of anilines is 1. The van der Waals surface area contributed by atoms with Crippen LogP contribution in [-0.4, -0.2) is 19.5 Å². The fourth-order valence-electron chi connectivity index (χ4n) is 1.24. The molecule has 2 aromatic rings. The van der Waals surface area contributed by atoms with Crippen LogP contribution in [0, 0.1) is 0 Å². The molecule has 2 rings (SSSR count). The molecule has 64 valence electrons. The van der Waals surface area contributed by atoms with Crippen LogP contribution < -0.4 is 3.08 Å². The van der Waals surface area contributed by atoms with Gasteiger partial charge < -0.3 is 0 Å². The quantitative estimate of drug-likeness (QED) is 0.803. The summed E-state index contributed by atoms with van der Waals surface area (Å²) in [7, 11) is 1.93. The van der Waals surface area contributed by atoms with Gasteiger partial charge in [0, 0.05) is 0 Å². The van der Waals surface area contributed by atoms with E-state index >= 15 is 0 Å².